The molecule has 0 bridgehead atoms. The number of aromatic nitrogens is 1. The van der Waals surface area contributed by atoms with Gasteiger partial charge in [0.15, 0.2) is 5.84 Å². The van der Waals surface area contributed by atoms with Crippen molar-refractivity contribution in [3.8, 4) is 23.3 Å². The number of amides is 2. The molecule has 6 rings (SSSR count). The molecular formula is C53H58N8O6S2. The summed E-state index contributed by atoms with van der Waals surface area (Å²) in [7, 11) is -7.34. The van der Waals surface area contributed by atoms with E-state index in [0.717, 1.165) is 64.2 Å². The van der Waals surface area contributed by atoms with E-state index in [0.29, 0.717) is 40.8 Å². The number of carbonyl (C=O) groups excluding carboxylic acids is 2. The van der Waals surface area contributed by atoms with Gasteiger partial charge >= 0.3 is 0 Å². The highest BCUT2D eigenvalue weighted by atomic mass is 32.2. The van der Waals surface area contributed by atoms with Gasteiger partial charge in [-0.1, -0.05) is 151 Å². The van der Waals surface area contributed by atoms with Gasteiger partial charge in [0.2, 0.25) is 20.0 Å². The summed E-state index contributed by atoms with van der Waals surface area (Å²) in [4.78, 5) is 35.7. The smallest absolute Gasteiger partial charge is 0.256 e. The van der Waals surface area contributed by atoms with Gasteiger partial charge in [0.25, 0.3) is 11.8 Å². The van der Waals surface area contributed by atoms with Crippen LogP contribution in [0.4, 0.5) is 17.2 Å². The molecule has 0 radical (unpaired) electrons. The van der Waals surface area contributed by atoms with Gasteiger partial charge < -0.3 is 15.6 Å². The Kier molecular flexibility index (Phi) is 18.3. The third-order valence-corrected chi connectivity index (χ3v) is 14.2. The maximum atomic E-state index is 13.9. The van der Waals surface area contributed by atoms with Gasteiger partial charge in [0, 0.05) is 33.6 Å². The van der Waals surface area contributed by atoms with Gasteiger partial charge in [0.1, 0.15) is 29.1 Å². The van der Waals surface area contributed by atoms with Crippen LogP contribution in [0.25, 0.3) is 22.8 Å². The molecule has 358 valence electrons. The van der Waals surface area contributed by atoms with E-state index in [1.165, 1.54) is 24.3 Å². The van der Waals surface area contributed by atoms with Crippen molar-refractivity contribution in [1.82, 2.24) is 10.3 Å². The van der Waals surface area contributed by atoms with Crippen LogP contribution in [-0.4, -0.2) is 51.0 Å². The molecule has 0 unspecified atom stereocenters. The summed E-state index contributed by atoms with van der Waals surface area (Å²) < 4.78 is 56.9. The average Bonchev–Trinajstić information content (AvgIpc) is 3.87. The van der Waals surface area contributed by atoms with Crippen LogP contribution in [-0.2, 0) is 20.0 Å². The molecule has 0 saturated heterocycles. The summed E-state index contributed by atoms with van der Waals surface area (Å²) in [5.74, 6) is -1.33. The standard InChI is InChI=1S/C53H58N8O6S2/c1-3-5-7-9-11-19-31-68(64,65)60-42-29-21-27-40(33-42)52(62)58-50-44(36-54)48(38-23-15-13-16-24-38)46(56-50)35-47-49(39-25-17-14-18-26-39)45(37-55)51(57-47)59-53(63)41-28-22-30-43(34-41)61-69(66,67)32-20-12-10-8-6-4-2/h13-18,21-30,33-35,56,60-61H,3-12,19-20,31-32H2,1-2H3,(H,58,62)(H,57,59,63)/b47-35-. The van der Waals surface area contributed by atoms with Crippen LogP contribution < -0.4 is 20.1 Å². The molecule has 0 fully saturated rings. The number of H-pyrrole nitrogens is 1. The first-order chi connectivity index (χ1) is 33.3. The molecule has 0 aliphatic carbocycles. The average molecular weight is 967 g/mol. The Bertz CT molecular complexity index is 3020. The first kappa shape index (κ1) is 51.1. The molecule has 1 aliphatic heterocycles. The molecule has 16 heteroatoms. The van der Waals surface area contributed by atoms with E-state index in [1.807, 2.05) is 12.1 Å². The number of aliphatic imine (C=N–C) groups is 1. The molecule has 2 amide bonds. The minimum absolute atomic E-state index is 0.0433. The van der Waals surface area contributed by atoms with E-state index in [1.54, 1.807) is 78.9 Å². The minimum atomic E-state index is -3.67. The van der Waals surface area contributed by atoms with Crippen LogP contribution in [0.1, 0.15) is 128 Å². The van der Waals surface area contributed by atoms with E-state index in [9.17, 15) is 36.9 Å². The summed E-state index contributed by atoms with van der Waals surface area (Å²) in [6, 6.07) is 34.6. The van der Waals surface area contributed by atoms with Gasteiger partial charge in [-0.2, -0.15) is 10.5 Å². The van der Waals surface area contributed by atoms with Crippen molar-refractivity contribution in [3.63, 3.8) is 0 Å². The Morgan fingerprint density at radius 1 is 0.609 bits per heavy atom. The Morgan fingerprint density at radius 2 is 1.10 bits per heavy atom. The number of anilines is 3. The predicted octanol–water partition coefficient (Wildman–Crippen LogP) is 11.2. The monoisotopic (exact) mass is 966 g/mol. The fraction of sp³-hybridized carbons (Fsp3) is 0.302. The Hall–Kier alpha value is -7.27. The summed E-state index contributed by atoms with van der Waals surface area (Å²) in [5, 5.41) is 26.9. The van der Waals surface area contributed by atoms with Gasteiger partial charge in [-0.05, 0) is 66.4 Å². The molecule has 1 aliphatic rings. The molecule has 4 aromatic carbocycles. The third kappa shape index (κ3) is 14.4. The van der Waals surface area contributed by atoms with Crippen molar-refractivity contribution in [1.29, 1.82) is 10.5 Å². The first-order valence-electron chi connectivity index (χ1n) is 23.4. The maximum Gasteiger partial charge on any atom is 0.256 e. The van der Waals surface area contributed by atoms with Crippen molar-refractivity contribution < 1.29 is 26.4 Å². The number of hydrogen-bond acceptors (Lipinski definition) is 9. The number of nitrogens with one attached hydrogen (secondary N) is 5. The van der Waals surface area contributed by atoms with Crippen molar-refractivity contribution in [3.05, 3.63) is 148 Å². The Labute approximate surface area is 405 Å². The lowest BCUT2D eigenvalue weighted by molar-refractivity contribution is 0.0975. The number of hydrogen-bond donors (Lipinski definition) is 5. The number of unbranched alkanes of at least 4 members (excludes halogenated alkanes) is 10. The number of allylic oxidation sites excluding steroid dienone is 1. The number of benzene rings is 4. The molecule has 0 atom stereocenters. The minimum Gasteiger partial charge on any atom is -0.340 e. The lowest BCUT2D eigenvalue weighted by atomic mass is 9.96. The Morgan fingerprint density at radius 3 is 1.61 bits per heavy atom. The van der Waals surface area contributed by atoms with Gasteiger partial charge in [-0.3, -0.25) is 19.0 Å². The van der Waals surface area contributed by atoms with Crippen molar-refractivity contribution in [2.75, 3.05) is 26.3 Å². The quantitative estimate of drug-likeness (QED) is 0.0373. The van der Waals surface area contributed by atoms with E-state index in [4.69, 9.17) is 4.99 Å². The molecule has 0 spiro atoms. The number of nitriles is 2. The molecule has 2 heterocycles. The zero-order valence-corrected chi connectivity index (χ0v) is 40.6. The molecule has 5 N–H and O–H groups in total. The second kappa shape index (κ2) is 24.7. The van der Waals surface area contributed by atoms with E-state index in [-0.39, 0.29) is 62.5 Å². The fourth-order valence-electron chi connectivity index (χ4n) is 7.97. The molecule has 14 nitrogen and oxygen atoms in total. The van der Waals surface area contributed by atoms with Crippen LogP contribution in [0.3, 0.4) is 0 Å². The predicted molar refractivity (Wildman–Crippen MR) is 275 cm³/mol. The van der Waals surface area contributed by atoms with Gasteiger partial charge in [0.05, 0.1) is 22.9 Å². The summed E-state index contributed by atoms with van der Waals surface area (Å²) >= 11 is 0. The number of aromatic amines is 1. The fourth-order valence-corrected chi connectivity index (χ4v) is 10.3. The van der Waals surface area contributed by atoms with Crippen molar-refractivity contribution in [2.45, 2.75) is 90.9 Å². The van der Waals surface area contributed by atoms with Gasteiger partial charge in [-0.15, -0.1) is 0 Å². The van der Waals surface area contributed by atoms with E-state index >= 15 is 0 Å². The Balaban J connectivity index is 1.29. The number of amidine groups is 1. The van der Waals surface area contributed by atoms with Crippen LogP contribution in [0.5, 0.6) is 0 Å². The normalized spacial score (nSPS) is 13.1. The van der Waals surface area contributed by atoms with Crippen molar-refractivity contribution in [2.24, 2.45) is 4.99 Å². The topological polar surface area (TPSA) is 226 Å². The highest BCUT2D eigenvalue weighted by Crippen LogP contribution is 2.39. The molecule has 1 aromatic heterocycles. The summed E-state index contributed by atoms with van der Waals surface area (Å²) in [5.41, 5.74) is 3.51. The first-order valence-corrected chi connectivity index (χ1v) is 26.7. The lowest BCUT2D eigenvalue weighted by Gasteiger charge is -2.10. The second-order valence-electron chi connectivity index (χ2n) is 16.8. The summed E-state index contributed by atoms with van der Waals surface area (Å²) in [6.45, 7) is 4.25. The highest BCUT2D eigenvalue weighted by Gasteiger charge is 2.29. The second-order valence-corrected chi connectivity index (χ2v) is 20.5. The maximum absolute atomic E-state index is 13.9. The highest BCUT2D eigenvalue weighted by molar-refractivity contribution is 7.92. The molecule has 0 saturated carbocycles. The molecular weight excluding hydrogens is 909 g/mol. The van der Waals surface area contributed by atoms with Gasteiger partial charge in [-0.25, -0.2) is 21.8 Å². The zero-order valence-electron chi connectivity index (χ0n) is 39.0. The molecule has 5 aromatic rings. The lowest BCUT2D eigenvalue weighted by Crippen LogP contribution is -2.30. The largest absolute Gasteiger partial charge is 0.340 e. The van der Waals surface area contributed by atoms with Crippen molar-refractivity contribution >= 4 is 66.5 Å². The van der Waals surface area contributed by atoms with Crippen LogP contribution >= 0.6 is 0 Å². The van der Waals surface area contributed by atoms with E-state index < -0.39 is 31.9 Å². The van der Waals surface area contributed by atoms with E-state index in [2.05, 4.69) is 51.0 Å². The summed E-state index contributed by atoms with van der Waals surface area (Å²) in [6.07, 6.45) is 12.8. The third-order valence-electron chi connectivity index (χ3n) is 11.4. The number of rotatable bonds is 24. The van der Waals surface area contributed by atoms with Crippen LogP contribution in [0.15, 0.2) is 125 Å². The number of nitrogens with zero attached hydrogens (tertiary/aromatic N) is 3. The SMILES string of the molecule is CCCCCCCCS(=O)(=O)Nc1cccc(C(=O)NC2=N/C(=C\c3[nH]c(NC(=O)c4cccc(NS(=O)(=O)CCCCCCCC)c4)c(C#N)c3-c3ccccc3)C(c3ccccc3)=C2C#N)c1. The molecule has 69 heavy (non-hydrogen) atoms. The zero-order chi connectivity index (χ0) is 49.2. The van der Waals surface area contributed by atoms with Crippen LogP contribution in [0, 0.1) is 22.7 Å². The van der Waals surface area contributed by atoms with Crippen LogP contribution in [0.2, 0.25) is 0 Å². The number of carbonyl (C=O) groups is 2. The number of sulfonamides is 2.